The highest BCUT2D eigenvalue weighted by Crippen LogP contribution is 2.43. The van der Waals surface area contributed by atoms with Gasteiger partial charge in [0.25, 0.3) is 11.7 Å². The predicted octanol–water partition coefficient (Wildman–Crippen LogP) is 2.18. The lowest BCUT2D eigenvalue weighted by Gasteiger charge is -2.29. The number of rotatable bonds is 7. The van der Waals surface area contributed by atoms with Crippen LogP contribution in [0, 0.1) is 13.8 Å². The van der Waals surface area contributed by atoms with E-state index in [2.05, 4.69) is 15.1 Å². The maximum absolute atomic E-state index is 13.2. The number of nitrogens with one attached hydrogen (secondary N) is 1. The second kappa shape index (κ2) is 9.76. The number of ether oxygens (including phenoxy) is 2. The summed E-state index contributed by atoms with van der Waals surface area (Å²) >= 11 is 0. The number of H-pyrrole nitrogens is 1. The minimum Gasteiger partial charge on any atom is -0.507 e. The van der Waals surface area contributed by atoms with E-state index < -0.39 is 17.7 Å². The van der Waals surface area contributed by atoms with Crippen LogP contribution in [0.15, 0.2) is 29.8 Å². The minimum absolute atomic E-state index is 0.0588. The standard InChI is InChI=1S/C24H30N4O5/c1-15-19(16(2)26-25-15)22(29)20-21(17-7-4-5-8-18(17)32-3)28(24(31)23(20)30)10-6-9-27-11-13-33-14-12-27/h4-5,7-8,21,29H,6,9-14H2,1-3H3,(H,25,26)/t21-/m1/s1. The fraction of sp³-hybridized carbons (Fsp3) is 0.458. The van der Waals surface area contributed by atoms with Gasteiger partial charge >= 0.3 is 0 Å². The van der Waals surface area contributed by atoms with Crippen LogP contribution in [0.1, 0.15) is 35.0 Å². The number of methoxy groups -OCH3 is 1. The van der Waals surface area contributed by atoms with E-state index in [1.54, 1.807) is 31.9 Å². The van der Waals surface area contributed by atoms with Gasteiger partial charge in [0.15, 0.2) is 0 Å². The van der Waals surface area contributed by atoms with Crippen molar-refractivity contribution in [2.24, 2.45) is 0 Å². The summed E-state index contributed by atoms with van der Waals surface area (Å²) in [6, 6.07) is 6.53. The third-order valence-electron chi connectivity index (χ3n) is 6.32. The summed E-state index contributed by atoms with van der Waals surface area (Å²) < 4.78 is 10.9. The van der Waals surface area contributed by atoms with Gasteiger partial charge < -0.3 is 19.5 Å². The molecule has 1 aromatic heterocycles. The molecule has 1 atom stereocenters. The van der Waals surface area contributed by atoms with E-state index >= 15 is 0 Å². The number of aromatic nitrogens is 2. The van der Waals surface area contributed by atoms with Crippen molar-refractivity contribution in [3.8, 4) is 5.75 Å². The number of carbonyl (C=O) groups excluding carboxylic acids is 2. The van der Waals surface area contributed by atoms with Gasteiger partial charge in [-0.15, -0.1) is 0 Å². The van der Waals surface area contributed by atoms with Crippen molar-refractivity contribution < 1.29 is 24.2 Å². The molecule has 0 aliphatic carbocycles. The summed E-state index contributed by atoms with van der Waals surface area (Å²) in [7, 11) is 1.55. The lowest BCUT2D eigenvalue weighted by Crippen LogP contribution is -2.39. The zero-order valence-corrected chi connectivity index (χ0v) is 19.3. The minimum atomic E-state index is -0.750. The van der Waals surface area contributed by atoms with E-state index in [0.29, 0.717) is 54.4 Å². The molecule has 1 amide bonds. The molecule has 2 aromatic rings. The number of amides is 1. The molecule has 2 aliphatic heterocycles. The van der Waals surface area contributed by atoms with E-state index in [9.17, 15) is 14.7 Å². The lowest BCUT2D eigenvalue weighted by molar-refractivity contribution is -0.140. The number of hydrogen-bond donors (Lipinski definition) is 2. The molecular weight excluding hydrogens is 424 g/mol. The smallest absolute Gasteiger partial charge is 0.295 e. The number of nitrogens with zero attached hydrogens (tertiary/aromatic N) is 3. The Morgan fingerprint density at radius 3 is 2.61 bits per heavy atom. The van der Waals surface area contributed by atoms with Crippen molar-refractivity contribution >= 4 is 17.4 Å². The zero-order chi connectivity index (χ0) is 23.5. The van der Waals surface area contributed by atoms with Gasteiger partial charge in [0.05, 0.1) is 43.2 Å². The van der Waals surface area contributed by atoms with E-state index in [0.717, 1.165) is 19.6 Å². The summed E-state index contributed by atoms with van der Waals surface area (Å²) in [5.41, 5.74) is 2.35. The topological polar surface area (TPSA) is 108 Å². The van der Waals surface area contributed by atoms with Crippen LogP contribution in [0.25, 0.3) is 5.76 Å². The van der Waals surface area contributed by atoms with Crippen molar-refractivity contribution in [1.29, 1.82) is 0 Å². The maximum atomic E-state index is 13.2. The molecule has 9 nitrogen and oxygen atoms in total. The van der Waals surface area contributed by atoms with Crippen molar-refractivity contribution in [2.75, 3.05) is 46.5 Å². The number of morpholine rings is 1. The van der Waals surface area contributed by atoms with Crippen molar-refractivity contribution in [1.82, 2.24) is 20.0 Å². The third kappa shape index (κ3) is 4.38. The Labute approximate surface area is 193 Å². The zero-order valence-electron chi connectivity index (χ0n) is 19.3. The first-order valence-electron chi connectivity index (χ1n) is 11.2. The molecule has 33 heavy (non-hydrogen) atoms. The first-order chi connectivity index (χ1) is 15.9. The quantitative estimate of drug-likeness (QED) is 0.375. The van der Waals surface area contributed by atoms with Crippen molar-refractivity contribution in [3.05, 3.63) is 52.4 Å². The molecular formula is C24H30N4O5. The number of aryl methyl sites for hydroxylation is 2. The van der Waals surface area contributed by atoms with Crippen LogP contribution in [0.5, 0.6) is 5.75 Å². The third-order valence-corrected chi connectivity index (χ3v) is 6.32. The van der Waals surface area contributed by atoms with Crippen molar-refractivity contribution in [2.45, 2.75) is 26.3 Å². The van der Waals surface area contributed by atoms with Gasteiger partial charge in [0.2, 0.25) is 0 Å². The fourth-order valence-electron chi connectivity index (χ4n) is 4.65. The highest BCUT2D eigenvalue weighted by Gasteiger charge is 2.47. The molecule has 2 N–H and O–H groups in total. The number of hydrogen-bond acceptors (Lipinski definition) is 7. The Kier molecular flexibility index (Phi) is 6.80. The molecule has 2 aliphatic rings. The van der Waals surface area contributed by atoms with E-state index in [1.165, 1.54) is 0 Å². The monoisotopic (exact) mass is 454 g/mol. The lowest BCUT2D eigenvalue weighted by atomic mass is 9.94. The average molecular weight is 455 g/mol. The van der Waals surface area contributed by atoms with Crippen LogP contribution in [0.3, 0.4) is 0 Å². The Hall–Kier alpha value is -3.17. The van der Waals surface area contributed by atoms with E-state index in [4.69, 9.17) is 9.47 Å². The van der Waals surface area contributed by atoms with Crippen LogP contribution in [0.4, 0.5) is 0 Å². The van der Waals surface area contributed by atoms with Gasteiger partial charge in [-0.1, -0.05) is 18.2 Å². The highest BCUT2D eigenvalue weighted by atomic mass is 16.5. The maximum Gasteiger partial charge on any atom is 0.295 e. The first-order valence-corrected chi connectivity index (χ1v) is 11.2. The van der Waals surface area contributed by atoms with Gasteiger partial charge in [-0.25, -0.2) is 0 Å². The Morgan fingerprint density at radius 1 is 1.21 bits per heavy atom. The number of benzene rings is 1. The van der Waals surface area contributed by atoms with Crippen LogP contribution in [-0.2, 0) is 14.3 Å². The summed E-state index contributed by atoms with van der Waals surface area (Å²) in [5, 5.41) is 18.2. The number of para-hydroxylation sites is 1. The summed E-state index contributed by atoms with van der Waals surface area (Å²) in [6.07, 6.45) is 0.697. The van der Waals surface area contributed by atoms with Gasteiger partial charge in [0.1, 0.15) is 11.5 Å². The van der Waals surface area contributed by atoms with Gasteiger partial charge in [0, 0.05) is 37.4 Å². The van der Waals surface area contributed by atoms with E-state index in [-0.39, 0.29) is 11.3 Å². The molecule has 0 radical (unpaired) electrons. The summed E-state index contributed by atoms with van der Waals surface area (Å²) in [5.74, 6) is -0.985. The van der Waals surface area contributed by atoms with Crippen LogP contribution >= 0.6 is 0 Å². The normalized spacial score (nSPS) is 21.1. The predicted molar refractivity (Wildman–Crippen MR) is 122 cm³/mol. The average Bonchev–Trinajstić information content (AvgIpc) is 3.29. The number of ketones is 1. The second-order valence-electron chi connectivity index (χ2n) is 8.35. The largest absolute Gasteiger partial charge is 0.507 e. The van der Waals surface area contributed by atoms with Crippen molar-refractivity contribution in [3.63, 3.8) is 0 Å². The highest BCUT2D eigenvalue weighted by molar-refractivity contribution is 6.46. The molecule has 1 aromatic carbocycles. The van der Waals surface area contributed by atoms with Crippen LogP contribution in [0.2, 0.25) is 0 Å². The number of aliphatic hydroxyl groups excluding tert-OH is 1. The molecule has 4 rings (SSSR count). The molecule has 9 heteroatoms. The molecule has 0 spiro atoms. The molecule has 0 saturated carbocycles. The molecule has 3 heterocycles. The molecule has 176 valence electrons. The molecule has 0 bridgehead atoms. The van der Waals surface area contributed by atoms with Gasteiger partial charge in [-0.3, -0.25) is 19.6 Å². The van der Waals surface area contributed by atoms with E-state index in [1.807, 2.05) is 18.2 Å². The summed E-state index contributed by atoms with van der Waals surface area (Å²) in [6.45, 7) is 7.81. The molecule has 2 saturated heterocycles. The Morgan fingerprint density at radius 2 is 1.94 bits per heavy atom. The Balaban J connectivity index is 1.73. The number of aliphatic hydroxyl groups is 1. The first kappa shape index (κ1) is 23.0. The number of carbonyl (C=O) groups is 2. The van der Waals surface area contributed by atoms with Crippen LogP contribution < -0.4 is 4.74 Å². The number of aromatic amines is 1. The second-order valence-corrected chi connectivity index (χ2v) is 8.35. The molecule has 2 fully saturated rings. The fourth-order valence-corrected chi connectivity index (χ4v) is 4.65. The van der Waals surface area contributed by atoms with Gasteiger partial charge in [-0.2, -0.15) is 5.10 Å². The number of Topliss-reactive ketones (excluding diaryl/α,β-unsaturated/α-hetero) is 1. The van der Waals surface area contributed by atoms with Gasteiger partial charge in [-0.05, 0) is 26.3 Å². The Bertz CT molecular complexity index is 1050. The SMILES string of the molecule is COc1ccccc1[C@@H]1C(=C(O)c2c(C)n[nH]c2C)C(=O)C(=O)N1CCCN1CCOCC1. The number of likely N-dealkylation sites (tertiary alicyclic amines) is 1. The summed E-state index contributed by atoms with van der Waals surface area (Å²) in [4.78, 5) is 30.2. The van der Waals surface area contributed by atoms with Crippen LogP contribution in [-0.4, -0.2) is 83.3 Å². The molecule has 0 unspecified atom stereocenters.